The van der Waals surface area contributed by atoms with Crippen LogP contribution in [0.5, 0.6) is 11.5 Å². The molecule has 1 aliphatic carbocycles. The van der Waals surface area contributed by atoms with E-state index in [0.29, 0.717) is 6.07 Å². The van der Waals surface area contributed by atoms with Crippen LogP contribution in [0.25, 0.3) is 11.1 Å². The second-order valence-electron chi connectivity index (χ2n) is 7.68. The first-order valence-electron chi connectivity index (χ1n) is 10.0. The van der Waals surface area contributed by atoms with E-state index < -0.39 is 76.6 Å². The molecule has 0 aromatic heterocycles. The van der Waals surface area contributed by atoms with Gasteiger partial charge in [0.25, 0.3) is 0 Å². The van der Waals surface area contributed by atoms with Gasteiger partial charge in [-0.3, -0.25) is 9.59 Å². The second-order valence-corrected chi connectivity index (χ2v) is 11.2. The number of carbonyl (C=O) groups is 2. The van der Waals surface area contributed by atoms with Gasteiger partial charge in [0.2, 0.25) is 0 Å². The van der Waals surface area contributed by atoms with E-state index in [4.69, 9.17) is 11.6 Å². The van der Waals surface area contributed by atoms with E-state index in [1.807, 2.05) is 0 Å². The minimum Gasteiger partial charge on any atom is -0.372 e. The molecule has 0 fully saturated rings. The van der Waals surface area contributed by atoms with E-state index in [9.17, 15) is 52.8 Å². The molecule has 0 saturated carbocycles. The maximum atomic E-state index is 13.5. The zero-order valence-electron chi connectivity index (χ0n) is 18.4. The Balaban J connectivity index is 2.17. The van der Waals surface area contributed by atoms with E-state index in [1.165, 1.54) is 30.3 Å². The summed E-state index contributed by atoms with van der Waals surface area (Å²) in [5.74, 6) is -6.11. The van der Waals surface area contributed by atoms with Crippen LogP contribution in [0.3, 0.4) is 0 Å². The highest BCUT2D eigenvalue weighted by molar-refractivity contribution is 7.88. The summed E-state index contributed by atoms with van der Waals surface area (Å²) < 4.78 is 134. The van der Waals surface area contributed by atoms with Gasteiger partial charge in [0.05, 0.1) is 5.56 Å². The van der Waals surface area contributed by atoms with Crippen molar-refractivity contribution >= 4 is 43.4 Å². The Kier molecular flexibility index (Phi) is 6.72. The molecule has 0 amide bonds. The zero-order chi connectivity index (χ0) is 29.1. The molecule has 3 aromatic rings. The molecule has 0 N–H and O–H groups in total. The van der Waals surface area contributed by atoms with E-state index in [0.717, 1.165) is 18.2 Å². The molecule has 3 aromatic carbocycles. The van der Waals surface area contributed by atoms with E-state index in [1.54, 1.807) is 0 Å². The van der Waals surface area contributed by atoms with Crippen molar-refractivity contribution in [2.45, 2.75) is 11.0 Å². The Hall–Kier alpha value is -3.63. The maximum Gasteiger partial charge on any atom is 0.534 e. The molecular weight excluding hydrogens is 606 g/mol. The van der Waals surface area contributed by atoms with Crippen LogP contribution in [0.1, 0.15) is 31.8 Å². The molecule has 8 nitrogen and oxygen atoms in total. The number of halogens is 7. The summed E-state index contributed by atoms with van der Waals surface area (Å²) in [6, 6.07) is 10.0. The van der Waals surface area contributed by atoms with Gasteiger partial charge in [-0.1, -0.05) is 48.0 Å². The second kappa shape index (κ2) is 9.24. The van der Waals surface area contributed by atoms with E-state index in [2.05, 4.69) is 8.37 Å². The molecule has 39 heavy (non-hydrogen) atoms. The van der Waals surface area contributed by atoms with E-state index in [-0.39, 0.29) is 16.1 Å². The lowest BCUT2D eigenvalue weighted by Crippen LogP contribution is -2.32. The maximum absolute atomic E-state index is 13.5. The van der Waals surface area contributed by atoms with Crippen molar-refractivity contribution in [1.29, 1.82) is 0 Å². The van der Waals surface area contributed by atoms with Gasteiger partial charge in [0, 0.05) is 21.7 Å². The number of hydrogen-bond donors (Lipinski definition) is 0. The van der Waals surface area contributed by atoms with Gasteiger partial charge in [-0.05, 0) is 29.3 Å². The average Bonchev–Trinajstić information content (AvgIpc) is 2.81. The molecule has 4 rings (SSSR count). The first-order valence-corrected chi connectivity index (χ1v) is 13.2. The van der Waals surface area contributed by atoms with Crippen molar-refractivity contribution in [3.63, 3.8) is 0 Å². The molecule has 0 unspecified atom stereocenters. The molecule has 0 bridgehead atoms. The predicted molar refractivity (Wildman–Crippen MR) is 121 cm³/mol. The molecule has 206 valence electrons. The van der Waals surface area contributed by atoms with Crippen molar-refractivity contribution in [1.82, 2.24) is 0 Å². The van der Waals surface area contributed by atoms with Crippen LogP contribution in [0.2, 0.25) is 5.02 Å². The highest BCUT2D eigenvalue weighted by Crippen LogP contribution is 2.47. The van der Waals surface area contributed by atoms with Crippen LogP contribution in [-0.2, 0) is 20.2 Å². The van der Waals surface area contributed by atoms with Gasteiger partial charge in [-0.25, -0.2) is 0 Å². The molecule has 0 aliphatic heterocycles. The van der Waals surface area contributed by atoms with Gasteiger partial charge in [0.1, 0.15) is 0 Å². The molecule has 17 heteroatoms. The van der Waals surface area contributed by atoms with Crippen LogP contribution in [0.15, 0.2) is 54.6 Å². The fourth-order valence-electron chi connectivity index (χ4n) is 3.59. The molecule has 0 heterocycles. The standard InChI is InChI=1S/C22H9ClF6O8S2/c23-11-5-3-4-10(8-11)14-9-15(36-38(32,33)21(24,25)26)20(37-39(34,35)22(27,28)29)17-16(14)18(30)12-6-1-2-7-13(12)19(17)31/h1-9H. The largest absolute Gasteiger partial charge is 0.534 e. The summed E-state index contributed by atoms with van der Waals surface area (Å²) in [4.78, 5) is 26.9. The Morgan fingerprint density at radius 2 is 1.15 bits per heavy atom. The van der Waals surface area contributed by atoms with Crippen molar-refractivity contribution in [3.8, 4) is 22.6 Å². The fourth-order valence-corrected chi connectivity index (χ4v) is 4.72. The van der Waals surface area contributed by atoms with Gasteiger partial charge < -0.3 is 8.37 Å². The number of ketones is 2. The minimum absolute atomic E-state index is 0.0124. The smallest absolute Gasteiger partial charge is 0.372 e. The van der Waals surface area contributed by atoms with Crippen LogP contribution in [-0.4, -0.2) is 39.4 Å². The SMILES string of the molecule is O=C1c2ccccc2C(=O)c2c(OS(=O)(=O)C(F)(F)F)c(OS(=O)(=O)C(F)(F)F)cc(-c3cccc(Cl)c3)c21. The summed E-state index contributed by atoms with van der Waals surface area (Å²) in [7, 11) is -13.4. The van der Waals surface area contributed by atoms with E-state index >= 15 is 0 Å². The summed E-state index contributed by atoms with van der Waals surface area (Å²) in [6.45, 7) is 0. The van der Waals surface area contributed by atoms with Gasteiger partial charge in [-0.2, -0.15) is 43.2 Å². The van der Waals surface area contributed by atoms with Gasteiger partial charge in [-0.15, -0.1) is 0 Å². The Morgan fingerprint density at radius 1 is 0.641 bits per heavy atom. The third-order valence-electron chi connectivity index (χ3n) is 5.21. The number of alkyl halides is 6. The van der Waals surface area contributed by atoms with Crippen molar-refractivity contribution in [2.24, 2.45) is 0 Å². The number of fused-ring (bicyclic) bond motifs is 2. The molecule has 0 atom stereocenters. The monoisotopic (exact) mass is 614 g/mol. The highest BCUT2D eigenvalue weighted by Gasteiger charge is 2.52. The first kappa shape index (κ1) is 28.4. The highest BCUT2D eigenvalue weighted by atomic mass is 35.5. The number of rotatable bonds is 5. The fraction of sp³-hybridized carbons (Fsp3) is 0.0909. The summed E-state index contributed by atoms with van der Waals surface area (Å²) in [5.41, 5.74) is -15.8. The lowest BCUT2D eigenvalue weighted by molar-refractivity contribution is -0.0513. The predicted octanol–water partition coefficient (Wildman–Crippen LogP) is 5.24. The van der Waals surface area contributed by atoms with Crippen LogP contribution < -0.4 is 8.37 Å². The van der Waals surface area contributed by atoms with Gasteiger partial charge in [0.15, 0.2) is 23.1 Å². The van der Waals surface area contributed by atoms with Crippen molar-refractivity contribution in [2.75, 3.05) is 0 Å². The first-order chi connectivity index (χ1) is 17.9. The summed E-state index contributed by atoms with van der Waals surface area (Å²) >= 11 is 5.94. The van der Waals surface area contributed by atoms with Gasteiger partial charge >= 0.3 is 31.3 Å². The third-order valence-corrected chi connectivity index (χ3v) is 7.37. The van der Waals surface area contributed by atoms with Crippen molar-refractivity contribution < 1.29 is 61.1 Å². The molecule has 0 spiro atoms. The third kappa shape index (κ3) is 4.94. The number of carbonyl (C=O) groups excluding carboxylic acids is 2. The number of benzene rings is 3. The summed E-state index contributed by atoms with van der Waals surface area (Å²) in [5, 5.41) is -0.0124. The Bertz CT molecular complexity index is 1760. The average molecular weight is 615 g/mol. The molecule has 0 radical (unpaired) electrons. The lowest BCUT2D eigenvalue weighted by Gasteiger charge is -2.25. The zero-order valence-corrected chi connectivity index (χ0v) is 20.8. The van der Waals surface area contributed by atoms with Crippen LogP contribution in [0.4, 0.5) is 26.3 Å². The molecule has 0 saturated heterocycles. The van der Waals surface area contributed by atoms with Crippen LogP contribution in [0, 0.1) is 0 Å². The topological polar surface area (TPSA) is 121 Å². The summed E-state index contributed by atoms with van der Waals surface area (Å²) in [6.07, 6.45) is 0. The Labute approximate surface area is 220 Å². The molecular formula is C22H9ClF6O8S2. The molecule has 1 aliphatic rings. The minimum atomic E-state index is -6.74. The quantitative estimate of drug-likeness (QED) is 0.170. The van der Waals surface area contributed by atoms with Crippen LogP contribution >= 0.6 is 11.6 Å². The number of hydrogen-bond acceptors (Lipinski definition) is 8. The lowest BCUT2D eigenvalue weighted by atomic mass is 9.80. The Morgan fingerprint density at radius 3 is 1.67 bits per heavy atom. The van der Waals surface area contributed by atoms with Crippen molar-refractivity contribution in [3.05, 3.63) is 81.9 Å². The normalized spacial score (nSPS) is 14.0.